The molecule has 0 aliphatic heterocycles. The molecule has 152 valence electrons. The van der Waals surface area contributed by atoms with Crippen LogP contribution in [0, 0.1) is 13.3 Å². The largest absolute Gasteiger partial charge is 0.490 e. The predicted molar refractivity (Wildman–Crippen MR) is 119 cm³/mol. The van der Waals surface area contributed by atoms with E-state index < -0.39 is 0 Å². The molecule has 2 atom stereocenters. The molecule has 1 amide bonds. The Morgan fingerprint density at radius 2 is 1.89 bits per heavy atom. The van der Waals surface area contributed by atoms with Crippen LogP contribution in [0.15, 0.2) is 12.1 Å². The van der Waals surface area contributed by atoms with Crippen molar-refractivity contribution in [3.63, 3.8) is 0 Å². The Kier molecular flexibility index (Phi) is 11.4. The summed E-state index contributed by atoms with van der Waals surface area (Å²) in [6, 6.07) is 3.53. The third-order valence-corrected chi connectivity index (χ3v) is 6.55. The summed E-state index contributed by atoms with van der Waals surface area (Å²) in [5.74, 6) is 3.09. The van der Waals surface area contributed by atoms with Crippen molar-refractivity contribution in [3.05, 3.63) is 35.2 Å². The van der Waals surface area contributed by atoms with E-state index in [2.05, 4.69) is 19.2 Å². The minimum absolute atomic E-state index is 0. The van der Waals surface area contributed by atoms with Gasteiger partial charge >= 0.3 is 0 Å². The van der Waals surface area contributed by atoms with Crippen LogP contribution in [0.2, 0.25) is 10.0 Å². The topological polar surface area (TPSA) is 38.3 Å². The van der Waals surface area contributed by atoms with E-state index in [1.165, 1.54) is 25.0 Å². The van der Waals surface area contributed by atoms with Crippen LogP contribution < -0.4 is 10.1 Å². The van der Waals surface area contributed by atoms with Crippen LogP contribution in [-0.4, -0.2) is 30.1 Å². The summed E-state index contributed by atoms with van der Waals surface area (Å²) in [5, 5.41) is 3.91. The minimum atomic E-state index is -0.116. The summed E-state index contributed by atoms with van der Waals surface area (Å²) in [7, 11) is 0. The number of hydrogen-bond donors (Lipinski definition) is 1. The molecule has 0 aromatic heterocycles. The Balaban J connectivity index is 0.00000364. The van der Waals surface area contributed by atoms with Crippen LogP contribution in [0.25, 0.3) is 0 Å². The Morgan fingerprint density at radius 3 is 2.52 bits per heavy atom. The van der Waals surface area contributed by atoms with E-state index in [-0.39, 0.29) is 19.4 Å². The van der Waals surface area contributed by atoms with Crippen LogP contribution in [0.3, 0.4) is 0 Å². The van der Waals surface area contributed by atoms with E-state index in [4.69, 9.17) is 27.9 Å². The molecule has 6 heteroatoms. The maximum Gasteiger partial charge on any atom is 0.251 e. The molecule has 1 aliphatic rings. The fourth-order valence-electron chi connectivity index (χ4n) is 3.19. The quantitative estimate of drug-likeness (QED) is 0.349. The minimum Gasteiger partial charge on any atom is -0.490 e. The number of thioether (sulfide) groups is 1. The van der Waals surface area contributed by atoms with Gasteiger partial charge in [-0.3, -0.25) is 4.79 Å². The lowest BCUT2D eigenvalue weighted by Gasteiger charge is -2.29. The van der Waals surface area contributed by atoms with Crippen molar-refractivity contribution in [2.24, 2.45) is 5.92 Å². The van der Waals surface area contributed by atoms with Gasteiger partial charge < -0.3 is 10.1 Å². The number of carbonyl (C=O) groups is 1. The van der Waals surface area contributed by atoms with E-state index in [0.29, 0.717) is 33.9 Å². The van der Waals surface area contributed by atoms with Crippen LogP contribution in [-0.2, 0) is 0 Å². The van der Waals surface area contributed by atoms with Gasteiger partial charge in [-0.1, -0.05) is 49.9 Å². The van der Waals surface area contributed by atoms with Crippen LogP contribution in [0.4, 0.5) is 0 Å². The molecule has 1 aliphatic carbocycles. The number of hydrogen-bond acceptors (Lipinski definition) is 3. The monoisotopic (exact) mass is 432 g/mol. The average molecular weight is 433 g/mol. The van der Waals surface area contributed by atoms with Crippen LogP contribution in [0.1, 0.15) is 62.7 Å². The molecule has 0 saturated heterocycles. The van der Waals surface area contributed by atoms with Crippen LogP contribution >= 0.6 is 35.0 Å². The molecule has 0 unspecified atom stereocenters. The highest BCUT2D eigenvalue weighted by Crippen LogP contribution is 2.34. The standard InChI is InChI=1S/C20H29Cl2NO2S.CH3/c1-3-10-26-11-6-9-25-19-16(21)12-15(13-17(19)22)20(24)23-18-8-5-4-7-14(18)2;/h12-14,18H,3-11H2,1-2H3,(H,23,24);1H3/q;+1/t14-,18-;/m0./s1. The first kappa shape index (κ1) is 24.3. The second-order valence-electron chi connectivity index (χ2n) is 6.93. The summed E-state index contributed by atoms with van der Waals surface area (Å²) in [6.45, 7) is 4.94. The summed E-state index contributed by atoms with van der Waals surface area (Å²) >= 11 is 14.6. The van der Waals surface area contributed by atoms with E-state index in [1.54, 1.807) is 12.1 Å². The normalized spacial score (nSPS) is 19.3. The number of carbonyl (C=O) groups excluding carboxylic acids is 1. The highest BCUT2D eigenvalue weighted by atomic mass is 35.5. The number of rotatable bonds is 9. The van der Waals surface area contributed by atoms with Crippen molar-refractivity contribution in [1.82, 2.24) is 5.32 Å². The molecule has 0 radical (unpaired) electrons. The zero-order chi connectivity index (χ0) is 18.9. The SMILES string of the molecule is CCCSCCCOc1c(Cl)cc(C(=O)N[C@H]2CCCC[C@@H]2C)cc1Cl.[CH3+]. The molecule has 0 heterocycles. The highest BCUT2D eigenvalue weighted by molar-refractivity contribution is 7.99. The lowest BCUT2D eigenvalue weighted by molar-refractivity contribution is 0.0910. The number of amides is 1. The molecule has 3 nitrogen and oxygen atoms in total. The smallest absolute Gasteiger partial charge is 0.251 e. The van der Waals surface area contributed by atoms with E-state index in [1.807, 2.05) is 11.8 Å². The summed E-state index contributed by atoms with van der Waals surface area (Å²) in [6.07, 6.45) is 6.74. The highest BCUT2D eigenvalue weighted by Gasteiger charge is 2.24. The molecule has 1 aromatic carbocycles. The van der Waals surface area contributed by atoms with E-state index >= 15 is 0 Å². The number of halogens is 2. The molecule has 27 heavy (non-hydrogen) atoms. The van der Waals surface area contributed by atoms with Crippen molar-refractivity contribution in [2.75, 3.05) is 18.1 Å². The predicted octanol–water partition coefficient (Wildman–Crippen LogP) is 6.66. The van der Waals surface area contributed by atoms with Gasteiger partial charge in [-0.15, -0.1) is 0 Å². The van der Waals surface area contributed by atoms with Crippen molar-refractivity contribution in [2.45, 2.75) is 58.4 Å². The van der Waals surface area contributed by atoms with E-state index in [9.17, 15) is 4.79 Å². The van der Waals surface area contributed by atoms with Crippen molar-refractivity contribution in [1.29, 1.82) is 0 Å². The van der Waals surface area contributed by atoms with Crippen molar-refractivity contribution < 1.29 is 9.53 Å². The molecular weight excluding hydrogens is 401 g/mol. The van der Waals surface area contributed by atoms with Gasteiger partial charge in [-0.05, 0) is 55.2 Å². The second-order valence-corrected chi connectivity index (χ2v) is 8.96. The van der Waals surface area contributed by atoms with Gasteiger partial charge in [-0.25, -0.2) is 0 Å². The van der Waals surface area contributed by atoms with Gasteiger partial charge in [-0.2, -0.15) is 11.8 Å². The molecule has 0 spiro atoms. The van der Waals surface area contributed by atoms with Gasteiger partial charge in [0.25, 0.3) is 5.91 Å². The van der Waals surface area contributed by atoms with E-state index in [0.717, 1.165) is 25.0 Å². The van der Waals surface area contributed by atoms with Gasteiger partial charge in [0.1, 0.15) is 0 Å². The molecule has 0 bridgehead atoms. The first-order valence-corrected chi connectivity index (χ1v) is 11.4. The van der Waals surface area contributed by atoms with Crippen molar-refractivity contribution >= 4 is 40.9 Å². The number of ether oxygens (including phenoxy) is 1. The summed E-state index contributed by atoms with van der Waals surface area (Å²) in [5.41, 5.74) is 0.489. The number of benzene rings is 1. The van der Waals surface area contributed by atoms with Gasteiger partial charge in [0.15, 0.2) is 5.75 Å². The Hall–Kier alpha value is -0.710. The third kappa shape index (κ3) is 7.67. The first-order chi connectivity index (χ1) is 12.5. The molecule has 2 rings (SSSR count). The third-order valence-electron chi connectivity index (χ3n) is 4.72. The molecular formula is C21H32Cl2NO2S+. The molecule has 1 N–H and O–H groups in total. The zero-order valence-electron chi connectivity index (χ0n) is 16.7. The molecule has 1 aromatic rings. The number of nitrogens with one attached hydrogen (secondary N) is 1. The lowest BCUT2D eigenvalue weighted by Crippen LogP contribution is -2.41. The van der Waals surface area contributed by atoms with Crippen molar-refractivity contribution in [3.8, 4) is 5.75 Å². The second kappa shape index (κ2) is 12.7. The zero-order valence-corrected chi connectivity index (χ0v) is 19.0. The maximum atomic E-state index is 12.6. The average Bonchev–Trinajstić information content (AvgIpc) is 2.61. The van der Waals surface area contributed by atoms with Gasteiger partial charge in [0.05, 0.1) is 16.7 Å². The van der Waals surface area contributed by atoms with Gasteiger partial charge in [0.2, 0.25) is 0 Å². The fourth-order valence-corrected chi connectivity index (χ4v) is 4.60. The van der Waals surface area contributed by atoms with Gasteiger partial charge in [0, 0.05) is 19.0 Å². The lowest BCUT2D eigenvalue weighted by atomic mass is 9.86. The fraction of sp³-hybridized carbons (Fsp3) is 0.619. The first-order valence-electron chi connectivity index (χ1n) is 9.53. The Labute approximate surface area is 178 Å². The summed E-state index contributed by atoms with van der Waals surface area (Å²) < 4.78 is 5.74. The Bertz CT molecular complexity index is 575. The van der Waals surface area contributed by atoms with Crippen LogP contribution in [0.5, 0.6) is 5.75 Å². The Morgan fingerprint density at radius 1 is 1.22 bits per heavy atom. The maximum absolute atomic E-state index is 12.6. The summed E-state index contributed by atoms with van der Waals surface area (Å²) in [4.78, 5) is 12.6. The molecule has 1 fully saturated rings. The molecule has 1 saturated carbocycles.